The first-order valence-corrected chi connectivity index (χ1v) is 8.71. The topological polar surface area (TPSA) is 59.1 Å². The third kappa shape index (κ3) is 2.82. The summed E-state index contributed by atoms with van der Waals surface area (Å²) in [7, 11) is 0. The molecule has 2 amide bonds. The lowest BCUT2D eigenvalue weighted by Gasteiger charge is -2.28. The number of hydrogen-bond acceptors (Lipinski definition) is 5. The average Bonchev–Trinajstić information content (AvgIpc) is 3.26. The van der Waals surface area contributed by atoms with E-state index in [1.807, 2.05) is 67.6 Å². The highest BCUT2D eigenvalue weighted by atomic mass is 16.7. The number of cyclic esters (lactones) is 1. The van der Waals surface area contributed by atoms with Crippen molar-refractivity contribution in [2.45, 2.75) is 19.1 Å². The largest absolute Gasteiger partial charge is 0.447 e. The SMILES string of the molecule is C[C@@H]1ON(c2ccccc2)[C@H](c2ccccc2)[C@H]1C(=O)N1CCOC1=O. The van der Waals surface area contributed by atoms with E-state index in [1.54, 1.807) is 5.06 Å². The Morgan fingerprint density at radius 2 is 1.69 bits per heavy atom. The second kappa shape index (κ2) is 6.80. The molecule has 2 fully saturated rings. The van der Waals surface area contributed by atoms with E-state index < -0.39 is 12.0 Å². The maximum Gasteiger partial charge on any atom is 0.416 e. The first-order valence-electron chi connectivity index (χ1n) is 8.71. The summed E-state index contributed by atoms with van der Waals surface area (Å²) >= 11 is 0. The number of ether oxygens (including phenoxy) is 1. The van der Waals surface area contributed by atoms with Crippen LogP contribution in [0.1, 0.15) is 18.5 Å². The van der Waals surface area contributed by atoms with Crippen LogP contribution in [0.15, 0.2) is 60.7 Å². The van der Waals surface area contributed by atoms with Crippen LogP contribution in [-0.2, 0) is 14.4 Å². The number of rotatable bonds is 3. The van der Waals surface area contributed by atoms with Gasteiger partial charge in [-0.3, -0.25) is 9.63 Å². The summed E-state index contributed by atoms with van der Waals surface area (Å²) in [5, 5.41) is 1.78. The summed E-state index contributed by atoms with van der Waals surface area (Å²) in [5.41, 5.74) is 1.83. The molecular formula is C20H20N2O4. The molecule has 0 spiro atoms. The summed E-state index contributed by atoms with van der Waals surface area (Å²) in [6, 6.07) is 19.1. The van der Waals surface area contributed by atoms with E-state index in [-0.39, 0.29) is 31.2 Å². The summed E-state index contributed by atoms with van der Waals surface area (Å²) in [6.45, 7) is 2.39. The van der Waals surface area contributed by atoms with Crippen molar-refractivity contribution in [3.05, 3.63) is 66.2 Å². The lowest BCUT2D eigenvalue weighted by atomic mass is 9.88. The third-order valence-electron chi connectivity index (χ3n) is 4.84. The molecule has 0 saturated carbocycles. The van der Waals surface area contributed by atoms with Gasteiger partial charge in [0.2, 0.25) is 5.91 Å². The molecule has 0 aliphatic carbocycles. The Balaban J connectivity index is 1.74. The number of amides is 2. The first-order chi connectivity index (χ1) is 12.7. The lowest BCUT2D eigenvalue weighted by Crippen LogP contribution is -2.41. The van der Waals surface area contributed by atoms with Gasteiger partial charge < -0.3 is 4.74 Å². The Morgan fingerprint density at radius 1 is 1.04 bits per heavy atom. The quantitative estimate of drug-likeness (QED) is 0.849. The molecule has 6 heteroatoms. The van der Waals surface area contributed by atoms with Crippen molar-refractivity contribution < 1.29 is 19.2 Å². The molecule has 0 aromatic heterocycles. The van der Waals surface area contributed by atoms with Gasteiger partial charge in [0, 0.05) is 0 Å². The highest BCUT2D eigenvalue weighted by Gasteiger charge is 2.49. The number of nitrogens with zero attached hydrogens (tertiary/aromatic N) is 2. The predicted molar refractivity (Wildman–Crippen MR) is 95.2 cm³/mol. The standard InChI is InChI=1S/C20H20N2O4/c1-14-17(19(23)21-12-13-25-20(21)24)18(15-8-4-2-5-9-15)22(26-14)16-10-6-3-7-11-16/h2-11,14,17-18H,12-13H2,1H3/t14-,17-,18+/m0/s1. The van der Waals surface area contributed by atoms with Crippen LogP contribution >= 0.6 is 0 Å². The molecule has 0 bridgehead atoms. The predicted octanol–water partition coefficient (Wildman–Crippen LogP) is 3.16. The number of anilines is 1. The van der Waals surface area contributed by atoms with E-state index in [4.69, 9.17) is 9.57 Å². The van der Waals surface area contributed by atoms with E-state index in [2.05, 4.69) is 0 Å². The number of carbonyl (C=O) groups excluding carboxylic acids is 2. The summed E-state index contributed by atoms with van der Waals surface area (Å²) in [5.74, 6) is -0.768. The van der Waals surface area contributed by atoms with Gasteiger partial charge in [-0.1, -0.05) is 48.5 Å². The van der Waals surface area contributed by atoms with Crippen molar-refractivity contribution >= 4 is 17.7 Å². The molecule has 2 aromatic rings. The minimum Gasteiger partial charge on any atom is -0.447 e. The Bertz CT molecular complexity index is 796. The molecule has 0 radical (unpaired) electrons. The van der Waals surface area contributed by atoms with Gasteiger partial charge in [0.15, 0.2) is 0 Å². The fourth-order valence-electron chi connectivity index (χ4n) is 3.61. The van der Waals surface area contributed by atoms with Crippen molar-refractivity contribution in [2.24, 2.45) is 5.92 Å². The number of hydrogen-bond donors (Lipinski definition) is 0. The van der Waals surface area contributed by atoms with Crippen LogP contribution in [-0.4, -0.2) is 36.2 Å². The van der Waals surface area contributed by atoms with Gasteiger partial charge in [0.25, 0.3) is 0 Å². The van der Waals surface area contributed by atoms with Crippen LogP contribution in [0.25, 0.3) is 0 Å². The fourth-order valence-corrected chi connectivity index (χ4v) is 3.61. The minimum atomic E-state index is -0.577. The Morgan fingerprint density at radius 3 is 2.31 bits per heavy atom. The number of benzene rings is 2. The van der Waals surface area contributed by atoms with Gasteiger partial charge in [0.1, 0.15) is 6.61 Å². The normalized spacial score (nSPS) is 25.4. The highest BCUT2D eigenvalue weighted by Crippen LogP contribution is 2.43. The monoisotopic (exact) mass is 352 g/mol. The van der Waals surface area contributed by atoms with Gasteiger partial charge in [0.05, 0.1) is 30.3 Å². The molecule has 2 heterocycles. The van der Waals surface area contributed by atoms with Gasteiger partial charge >= 0.3 is 6.09 Å². The molecule has 2 aromatic carbocycles. The lowest BCUT2D eigenvalue weighted by molar-refractivity contribution is -0.133. The van der Waals surface area contributed by atoms with Crippen LogP contribution < -0.4 is 5.06 Å². The van der Waals surface area contributed by atoms with E-state index in [1.165, 1.54) is 4.90 Å². The average molecular weight is 352 g/mol. The number of para-hydroxylation sites is 1. The van der Waals surface area contributed by atoms with Crippen LogP contribution in [0.2, 0.25) is 0 Å². The second-order valence-electron chi connectivity index (χ2n) is 6.46. The van der Waals surface area contributed by atoms with Crippen LogP contribution in [0.3, 0.4) is 0 Å². The van der Waals surface area contributed by atoms with E-state index in [0.29, 0.717) is 0 Å². The first kappa shape index (κ1) is 16.6. The summed E-state index contributed by atoms with van der Waals surface area (Å²) in [6.07, 6.45) is -0.950. The smallest absolute Gasteiger partial charge is 0.416 e. The van der Waals surface area contributed by atoms with E-state index in [9.17, 15) is 9.59 Å². The maximum atomic E-state index is 13.1. The summed E-state index contributed by atoms with van der Waals surface area (Å²) < 4.78 is 4.95. The Labute approximate surface area is 151 Å². The van der Waals surface area contributed by atoms with Crippen molar-refractivity contribution in [1.82, 2.24) is 4.90 Å². The molecule has 0 N–H and O–H groups in total. The number of carbonyl (C=O) groups is 2. The van der Waals surface area contributed by atoms with E-state index in [0.717, 1.165) is 11.3 Å². The fraction of sp³-hybridized carbons (Fsp3) is 0.300. The van der Waals surface area contributed by atoms with Crippen LogP contribution in [0.4, 0.5) is 10.5 Å². The number of imide groups is 1. The Hall–Kier alpha value is -2.86. The molecule has 134 valence electrons. The van der Waals surface area contributed by atoms with Crippen molar-refractivity contribution in [2.75, 3.05) is 18.2 Å². The van der Waals surface area contributed by atoms with Gasteiger partial charge in [-0.05, 0) is 24.6 Å². The molecule has 0 unspecified atom stereocenters. The van der Waals surface area contributed by atoms with Gasteiger partial charge in [-0.25, -0.2) is 14.8 Å². The van der Waals surface area contributed by atoms with E-state index >= 15 is 0 Å². The Kier molecular flexibility index (Phi) is 4.34. The summed E-state index contributed by atoms with van der Waals surface area (Å²) in [4.78, 5) is 32.3. The maximum absolute atomic E-state index is 13.1. The van der Waals surface area contributed by atoms with Gasteiger partial charge in [-0.2, -0.15) is 0 Å². The molecule has 2 saturated heterocycles. The zero-order valence-corrected chi connectivity index (χ0v) is 14.4. The highest BCUT2D eigenvalue weighted by molar-refractivity contribution is 5.95. The zero-order chi connectivity index (χ0) is 18.1. The molecule has 4 rings (SSSR count). The molecule has 2 aliphatic rings. The minimum absolute atomic E-state index is 0.241. The van der Waals surface area contributed by atoms with Crippen molar-refractivity contribution in [3.8, 4) is 0 Å². The third-order valence-corrected chi connectivity index (χ3v) is 4.84. The van der Waals surface area contributed by atoms with Crippen LogP contribution in [0.5, 0.6) is 0 Å². The molecular weight excluding hydrogens is 332 g/mol. The second-order valence-corrected chi connectivity index (χ2v) is 6.46. The number of hydroxylamine groups is 1. The molecule has 26 heavy (non-hydrogen) atoms. The van der Waals surface area contributed by atoms with Gasteiger partial charge in [-0.15, -0.1) is 0 Å². The zero-order valence-electron chi connectivity index (χ0n) is 14.4. The molecule has 2 aliphatic heterocycles. The molecule has 3 atom stereocenters. The van der Waals surface area contributed by atoms with Crippen molar-refractivity contribution in [1.29, 1.82) is 0 Å². The van der Waals surface area contributed by atoms with Crippen molar-refractivity contribution in [3.63, 3.8) is 0 Å². The molecule has 6 nitrogen and oxygen atoms in total. The van der Waals surface area contributed by atoms with Crippen LogP contribution in [0, 0.1) is 5.92 Å².